The zero-order valence-electron chi connectivity index (χ0n) is 11.4. The standard InChI is InChI=1S/C13H14N2O2.C2H6/c1-3-5-12(15-9-13(16)17)11-6-7-14-8-10(11)4-2;1-2/h3-8,15H,1-2,9H2,(H,16,17);1-2H3/b12-5+;. The molecule has 19 heavy (non-hydrogen) atoms. The van der Waals surface area contributed by atoms with Crippen LogP contribution in [0.25, 0.3) is 11.8 Å². The summed E-state index contributed by atoms with van der Waals surface area (Å²) in [6, 6.07) is 1.79. The number of hydrogen-bond acceptors (Lipinski definition) is 3. The van der Waals surface area contributed by atoms with Crippen molar-refractivity contribution in [2.24, 2.45) is 0 Å². The minimum atomic E-state index is -0.922. The minimum Gasteiger partial charge on any atom is -0.480 e. The molecule has 4 heteroatoms. The van der Waals surface area contributed by atoms with Gasteiger partial charge in [0.2, 0.25) is 0 Å². The molecule has 0 aliphatic carbocycles. The lowest BCUT2D eigenvalue weighted by Crippen LogP contribution is -2.21. The van der Waals surface area contributed by atoms with E-state index in [0.717, 1.165) is 11.1 Å². The zero-order chi connectivity index (χ0) is 14.7. The van der Waals surface area contributed by atoms with E-state index in [9.17, 15) is 4.79 Å². The van der Waals surface area contributed by atoms with Crippen LogP contribution in [0.15, 0.2) is 43.8 Å². The highest BCUT2D eigenvalue weighted by Gasteiger charge is 2.06. The quantitative estimate of drug-likeness (QED) is 0.772. The predicted octanol–water partition coefficient (Wildman–Crippen LogP) is 2.95. The molecule has 1 heterocycles. The highest BCUT2D eigenvalue weighted by molar-refractivity contribution is 5.77. The van der Waals surface area contributed by atoms with Crippen molar-refractivity contribution >= 4 is 17.7 Å². The number of rotatable bonds is 6. The van der Waals surface area contributed by atoms with Crippen molar-refractivity contribution in [3.8, 4) is 0 Å². The van der Waals surface area contributed by atoms with E-state index in [4.69, 9.17) is 5.11 Å². The summed E-state index contributed by atoms with van der Waals surface area (Å²) in [7, 11) is 0. The van der Waals surface area contributed by atoms with Gasteiger partial charge in [0, 0.05) is 29.2 Å². The van der Waals surface area contributed by atoms with E-state index in [1.54, 1.807) is 36.7 Å². The van der Waals surface area contributed by atoms with Crippen LogP contribution in [-0.2, 0) is 4.79 Å². The van der Waals surface area contributed by atoms with Crippen LogP contribution in [0.4, 0.5) is 0 Å². The Morgan fingerprint density at radius 1 is 1.47 bits per heavy atom. The molecule has 0 fully saturated rings. The first kappa shape index (κ1) is 16.6. The molecule has 4 nitrogen and oxygen atoms in total. The summed E-state index contributed by atoms with van der Waals surface area (Å²) >= 11 is 0. The van der Waals surface area contributed by atoms with Gasteiger partial charge in [-0.15, -0.1) is 0 Å². The van der Waals surface area contributed by atoms with E-state index in [0.29, 0.717) is 5.70 Å². The fourth-order valence-electron chi connectivity index (χ4n) is 1.35. The van der Waals surface area contributed by atoms with Crippen LogP contribution < -0.4 is 5.32 Å². The molecular weight excluding hydrogens is 240 g/mol. The number of carboxylic acids is 1. The predicted molar refractivity (Wildman–Crippen MR) is 79.5 cm³/mol. The van der Waals surface area contributed by atoms with Gasteiger partial charge in [-0.25, -0.2) is 0 Å². The molecule has 1 aromatic heterocycles. The molecule has 1 rings (SSSR count). The number of nitrogens with zero attached hydrogens (tertiary/aromatic N) is 1. The maximum Gasteiger partial charge on any atom is 0.322 e. The molecule has 0 saturated carbocycles. The van der Waals surface area contributed by atoms with Crippen LogP contribution in [0.5, 0.6) is 0 Å². The van der Waals surface area contributed by atoms with Gasteiger partial charge >= 0.3 is 5.97 Å². The maximum atomic E-state index is 10.5. The summed E-state index contributed by atoms with van der Waals surface area (Å²) in [5.74, 6) is -0.922. The molecule has 0 atom stereocenters. The Morgan fingerprint density at radius 2 is 2.16 bits per heavy atom. The Balaban J connectivity index is 0.00000154. The number of carboxylic acid groups (broad SMARTS) is 1. The second-order valence-electron chi connectivity index (χ2n) is 3.23. The van der Waals surface area contributed by atoms with Crippen LogP contribution in [0.2, 0.25) is 0 Å². The molecule has 0 radical (unpaired) electrons. The van der Waals surface area contributed by atoms with E-state index >= 15 is 0 Å². The molecule has 1 aromatic rings. The Morgan fingerprint density at radius 3 is 2.68 bits per heavy atom. The molecule has 0 aliphatic rings. The lowest BCUT2D eigenvalue weighted by atomic mass is 10.1. The molecule has 0 unspecified atom stereocenters. The van der Waals surface area contributed by atoms with Gasteiger partial charge in [0.1, 0.15) is 6.54 Å². The molecule has 0 saturated heterocycles. The average Bonchev–Trinajstić information content (AvgIpc) is 2.45. The van der Waals surface area contributed by atoms with Gasteiger partial charge in [0.15, 0.2) is 0 Å². The van der Waals surface area contributed by atoms with Crippen LogP contribution >= 0.6 is 0 Å². The van der Waals surface area contributed by atoms with Crippen molar-refractivity contribution in [1.82, 2.24) is 10.3 Å². The van der Waals surface area contributed by atoms with Crippen molar-refractivity contribution in [2.45, 2.75) is 13.8 Å². The number of carbonyl (C=O) groups is 1. The molecule has 0 bridgehead atoms. The van der Waals surface area contributed by atoms with Gasteiger partial charge in [0.05, 0.1) is 0 Å². The highest BCUT2D eigenvalue weighted by Crippen LogP contribution is 2.17. The second-order valence-corrected chi connectivity index (χ2v) is 3.23. The van der Waals surface area contributed by atoms with Gasteiger partial charge in [-0.1, -0.05) is 39.2 Å². The maximum absolute atomic E-state index is 10.5. The van der Waals surface area contributed by atoms with Crippen molar-refractivity contribution in [3.63, 3.8) is 0 Å². The minimum absolute atomic E-state index is 0.154. The normalized spacial score (nSPS) is 9.89. The van der Waals surface area contributed by atoms with Gasteiger partial charge in [-0.3, -0.25) is 9.78 Å². The van der Waals surface area contributed by atoms with Crippen LogP contribution in [-0.4, -0.2) is 22.6 Å². The molecule has 0 aliphatic heterocycles. The average molecular weight is 260 g/mol. The molecule has 0 aromatic carbocycles. The smallest absolute Gasteiger partial charge is 0.322 e. The molecular formula is C15H20N2O2. The van der Waals surface area contributed by atoms with E-state index in [2.05, 4.69) is 23.5 Å². The summed E-state index contributed by atoms with van der Waals surface area (Å²) in [5, 5.41) is 11.5. The van der Waals surface area contributed by atoms with Crippen LogP contribution in [0.1, 0.15) is 25.0 Å². The third-order valence-electron chi connectivity index (χ3n) is 2.08. The van der Waals surface area contributed by atoms with E-state index in [1.807, 2.05) is 13.8 Å². The van der Waals surface area contributed by atoms with E-state index in [-0.39, 0.29) is 6.54 Å². The number of aromatic nitrogens is 1. The monoisotopic (exact) mass is 260 g/mol. The second kappa shape index (κ2) is 9.65. The lowest BCUT2D eigenvalue weighted by Gasteiger charge is -2.11. The number of aliphatic carboxylic acids is 1. The SMILES string of the molecule is C=C/C=C(/NCC(=O)O)c1ccncc1C=C.CC. The third-order valence-corrected chi connectivity index (χ3v) is 2.08. The summed E-state index contributed by atoms with van der Waals surface area (Å²) < 4.78 is 0. The van der Waals surface area contributed by atoms with Crippen LogP contribution in [0, 0.1) is 0 Å². The van der Waals surface area contributed by atoms with Crippen molar-refractivity contribution in [3.05, 3.63) is 54.9 Å². The summed E-state index contributed by atoms with van der Waals surface area (Å²) in [6.45, 7) is 11.1. The van der Waals surface area contributed by atoms with Gasteiger partial charge < -0.3 is 10.4 Å². The topological polar surface area (TPSA) is 62.2 Å². The first-order valence-corrected chi connectivity index (χ1v) is 6.04. The van der Waals surface area contributed by atoms with Crippen molar-refractivity contribution in [1.29, 1.82) is 0 Å². The first-order valence-electron chi connectivity index (χ1n) is 6.04. The summed E-state index contributed by atoms with van der Waals surface area (Å²) in [5.41, 5.74) is 2.36. The van der Waals surface area contributed by atoms with Gasteiger partial charge in [-0.05, 0) is 12.1 Å². The van der Waals surface area contributed by atoms with E-state index in [1.165, 1.54) is 0 Å². The first-order chi connectivity index (χ1) is 9.19. The highest BCUT2D eigenvalue weighted by atomic mass is 16.4. The number of allylic oxidation sites excluding steroid dienone is 2. The van der Waals surface area contributed by atoms with Gasteiger partial charge in [-0.2, -0.15) is 0 Å². The van der Waals surface area contributed by atoms with Gasteiger partial charge in [0.25, 0.3) is 0 Å². The van der Waals surface area contributed by atoms with Crippen molar-refractivity contribution in [2.75, 3.05) is 6.54 Å². The third kappa shape index (κ3) is 5.68. The Hall–Kier alpha value is -2.36. The number of hydrogen-bond donors (Lipinski definition) is 2. The Labute approximate surface area is 114 Å². The fraction of sp³-hybridized carbons (Fsp3) is 0.200. The van der Waals surface area contributed by atoms with E-state index < -0.39 is 5.97 Å². The summed E-state index contributed by atoms with van der Waals surface area (Å²) in [4.78, 5) is 14.5. The molecule has 102 valence electrons. The number of nitrogens with one attached hydrogen (secondary N) is 1. The molecule has 2 N–H and O–H groups in total. The molecule has 0 amide bonds. The Kier molecular flexibility index (Phi) is 8.45. The number of pyridine rings is 1. The fourth-order valence-corrected chi connectivity index (χ4v) is 1.35. The Bertz CT molecular complexity index is 465. The lowest BCUT2D eigenvalue weighted by molar-refractivity contribution is -0.135. The largest absolute Gasteiger partial charge is 0.480 e. The summed E-state index contributed by atoms with van der Waals surface area (Å²) in [6.07, 6.45) is 8.29. The van der Waals surface area contributed by atoms with Crippen LogP contribution in [0.3, 0.4) is 0 Å². The molecule has 0 spiro atoms. The zero-order valence-corrected chi connectivity index (χ0v) is 11.4. The van der Waals surface area contributed by atoms with Crippen molar-refractivity contribution < 1.29 is 9.90 Å².